The van der Waals surface area contributed by atoms with Crippen LogP contribution in [-0.4, -0.2) is 41.2 Å². The van der Waals surface area contributed by atoms with Crippen LogP contribution in [0.1, 0.15) is 50.2 Å². The quantitative estimate of drug-likeness (QED) is 0.160. The molecule has 9 nitrogen and oxygen atoms in total. The smallest absolute Gasteiger partial charge is 0.408 e. The van der Waals surface area contributed by atoms with Crippen molar-refractivity contribution in [3.05, 3.63) is 82.4 Å². The molecule has 214 valence electrons. The maximum absolute atomic E-state index is 14.0. The van der Waals surface area contributed by atoms with Crippen molar-refractivity contribution in [2.24, 2.45) is 28.8 Å². The molecule has 7 rings (SSSR count). The topological polar surface area (TPSA) is 132 Å². The van der Waals surface area contributed by atoms with Gasteiger partial charge in [0.15, 0.2) is 0 Å². The molecule has 2 amide bonds. The summed E-state index contributed by atoms with van der Waals surface area (Å²) in [6, 6.07) is 17.2. The van der Waals surface area contributed by atoms with Crippen molar-refractivity contribution in [1.82, 2.24) is 15.6 Å². The van der Waals surface area contributed by atoms with Crippen molar-refractivity contribution >= 4 is 22.9 Å². The summed E-state index contributed by atoms with van der Waals surface area (Å²) in [4.78, 5) is 33.7. The van der Waals surface area contributed by atoms with Crippen LogP contribution in [0, 0.1) is 23.7 Å². The largest absolute Gasteiger partial charge is 0.446 e. The van der Waals surface area contributed by atoms with Gasteiger partial charge in [0.05, 0.1) is 0 Å². The highest BCUT2D eigenvalue weighted by molar-refractivity contribution is 5.91. The lowest BCUT2D eigenvalue weighted by molar-refractivity contribution is -0.128. The van der Waals surface area contributed by atoms with E-state index < -0.39 is 17.7 Å². The van der Waals surface area contributed by atoms with E-state index in [1.165, 1.54) is 6.42 Å². The third kappa shape index (κ3) is 5.91. The number of hydrogen-bond acceptors (Lipinski definition) is 4. The Morgan fingerprint density at radius 3 is 2.44 bits per heavy atom. The number of nitrogens with one attached hydrogen (secondary N) is 3. The van der Waals surface area contributed by atoms with Crippen LogP contribution in [-0.2, 0) is 22.4 Å². The fourth-order valence-electron chi connectivity index (χ4n) is 7.83. The van der Waals surface area contributed by atoms with Crippen LogP contribution in [0.25, 0.3) is 21.3 Å². The molecule has 2 aromatic carbocycles. The van der Waals surface area contributed by atoms with Crippen LogP contribution >= 0.6 is 0 Å². The molecule has 4 fully saturated rings. The number of amides is 2. The molecule has 3 aromatic rings. The average Bonchev–Trinajstić information content (AvgIpc) is 3.36. The van der Waals surface area contributed by atoms with Gasteiger partial charge in [-0.1, -0.05) is 53.6 Å². The van der Waals surface area contributed by atoms with Crippen LogP contribution in [0.3, 0.4) is 0 Å². The van der Waals surface area contributed by atoms with Crippen molar-refractivity contribution in [3.8, 4) is 0 Å². The van der Waals surface area contributed by atoms with Crippen molar-refractivity contribution in [2.75, 3.05) is 6.54 Å². The summed E-state index contributed by atoms with van der Waals surface area (Å²) < 4.78 is 6.14. The molecule has 0 radical (unpaired) electrons. The first-order chi connectivity index (χ1) is 19.9. The molecule has 4 aliphatic carbocycles. The molecule has 1 heterocycles. The summed E-state index contributed by atoms with van der Waals surface area (Å²) in [7, 11) is 0. The molecule has 4 bridgehead atoms. The molecule has 9 heteroatoms. The SMILES string of the molecule is C[C@@](Cc1c[nH]c2ccccc12)(NC(=O)OC1C2CC3CC(C2)CC1C3)C(=O)N[C@@H](CN=[N+]=[N-])Cc1ccccc1. The second-order valence-electron chi connectivity index (χ2n) is 12.6. The number of aromatic nitrogens is 1. The Bertz CT molecular complexity index is 1420. The summed E-state index contributed by atoms with van der Waals surface area (Å²) in [5.74, 6) is 2.04. The van der Waals surface area contributed by atoms with E-state index in [4.69, 9.17) is 10.3 Å². The van der Waals surface area contributed by atoms with Gasteiger partial charge in [0.25, 0.3) is 0 Å². The Balaban J connectivity index is 1.22. The minimum Gasteiger partial charge on any atom is -0.446 e. The maximum atomic E-state index is 14.0. The van der Waals surface area contributed by atoms with Crippen LogP contribution in [0.15, 0.2) is 65.9 Å². The Labute approximate surface area is 240 Å². The van der Waals surface area contributed by atoms with E-state index in [1.807, 2.05) is 60.8 Å². The fraction of sp³-hybridized carbons (Fsp3) is 0.500. The van der Waals surface area contributed by atoms with Crippen molar-refractivity contribution in [1.29, 1.82) is 0 Å². The average molecular weight is 555 g/mol. The zero-order valence-corrected chi connectivity index (χ0v) is 23.5. The molecule has 4 aliphatic rings. The molecule has 0 saturated heterocycles. The van der Waals surface area contributed by atoms with E-state index in [0.717, 1.165) is 59.5 Å². The highest BCUT2D eigenvalue weighted by atomic mass is 16.6. The van der Waals surface area contributed by atoms with Crippen LogP contribution in [0.4, 0.5) is 4.79 Å². The predicted octanol–water partition coefficient (Wildman–Crippen LogP) is 6.06. The second kappa shape index (κ2) is 11.5. The van der Waals surface area contributed by atoms with E-state index in [0.29, 0.717) is 18.3 Å². The van der Waals surface area contributed by atoms with Crippen molar-refractivity contribution in [3.63, 3.8) is 0 Å². The summed E-state index contributed by atoms with van der Waals surface area (Å²) in [6.07, 6.45) is 7.89. The summed E-state index contributed by atoms with van der Waals surface area (Å²) in [6.45, 7) is 1.84. The number of hydrogen-bond donors (Lipinski definition) is 3. The number of fused-ring (bicyclic) bond motifs is 1. The normalized spacial score (nSPS) is 26.5. The lowest BCUT2D eigenvalue weighted by Crippen LogP contribution is -2.61. The number of alkyl carbamates (subject to hydrolysis) is 1. The standard InChI is InChI=1S/C32H38N6O3/c1-32(17-25-18-34-28-10-6-5-9-27(25)28,30(39)36-26(19-35-38-33)16-20-7-3-2-4-8-20)37-31(40)41-29-23-12-21-11-22(14-23)15-24(29)13-21/h2-10,18,21-24,26,29,34H,11-17,19H2,1H3,(H,36,39)(H,37,40)/t21?,22?,23?,24?,26-,29?,32+/m1/s1. The van der Waals surface area contributed by atoms with Gasteiger partial charge in [0.1, 0.15) is 11.6 Å². The van der Waals surface area contributed by atoms with Crippen LogP contribution < -0.4 is 10.6 Å². The number of carbonyl (C=O) groups excluding carboxylic acids is 2. The lowest BCUT2D eigenvalue weighted by Gasteiger charge is -2.53. The minimum atomic E-state index is -1.31. The van der Waals surface area contributed by atoms with Crippen LogP contribution in [0.2, 0.25) is 0 Å². The molecule has 4 saturated carbocycles. The van der Waals surface area contributed by atoms with E-state index in [1.54, 1.807) is 6.92 Å². The van der Waals surface area contributed by atoms with Gasteiger partial charge in [0.2, 0.25) is 5.91 Å². The highest BCUT2D eigenvalue weighted by Crippen LogP contribution is 2.54. The van der Waals surface area contributed by atoms with Crippen LogP contribution in [0.5, 0.6) is 0 Å². The van der Waals surface area contributed by atoms with Gasteiger partial charge < -0.3 is 20.4 Å². The molecule has 0 unspecified atom stereocenters. The Morgan fingerprint density at radius 2 is 1.73 bits per heavy atom. The minimum absolute atomic E-state index is 0.0843. The summed E-state index contributed by atoms with van der Waals surface area (Å²) in [5.41, 5.74) is 10.6. The number of carbonyl (C=O) groups is 2. The van der Waals surface area contributed by atoms with Crippen molar-refractivity contribution in [2.45, 2.75) is 69.6 Å². The molecule has 0 spiro atoms. The fourth-order valence-corrected chi connectivity index (χ4v) is 7.83. The summed E-state index contributed by atoms with van der Waals surface area (Å²) >= 11 is 0. The number of nitrogens with zero attached hydrogens (tertiary/aromatic N) is 3. The second-order valence-corrected chi connectivity index (χ2v) is 12.6. The number of H-pyrrole nitrogens is 1. The van der Waals surface area contributed by atoms with Gasteiger partial charge in [-0.05, 0) is 91.8 Å². The Kier molecular flexibility index (Phi) is 7.63. The number of para-hydroxylation sites is 1. The first kappa shape index (κ1) is 27.2. The van der Waals surface area contributed by atoms with Gasteiger partial charge in [-0.15, -0.1) is 0 Å². The first-order valence-electron chi connectivity index (χ1n) is 14.8. The van der Waals surface area contributed by atoms with E-state index in [-0.39, 0.29) is 25.0 Å². The predicted molar refractivity (Wildman–Crippen MR) is 157 cm³/mol. The lowest BCUT2D eigenvalue weighted by atomic mass is 9.55. The first-order valence-corrected chi connectivity index (χ1v) is 14.8. The molecule has 3 N–H and O–H groups in total. The Hall–Kier alpha value is -3.97. The number of ether oxygens (including phenoxy) is 1. The van der Waals surface area contributed by atoms with E-state index >= 15 is 0 Å². The molecular formula is C32H38N6O3. The zero-order valence-electron chi connectivity index (χ0n) is 23.5. The van der Waals surface area contributed by atoms with Gasteiger partial charge in [-0.25, -0.2) is 4.79 Å². The number of azide groups is 1. The third-order valence-electron chi connectivity index (χ3n) is 9.51. The van der Waals surface area contributed by atoms with E-state index in [9.17, 15) is 9.59 Å². The molecule has 1 aromatic heterocycles. The third-order valence-corrected chi connectivity index (χ3v) is 9.51. The molecule has 2 atom stereocenters. The van der Waals surface area contributed by atoms with Gasteiger partial charge >= 0.3 is 6.09 Å². The Morgan fingerprint density at radius 1 is 1.05 bits per heavy atom. The van der Waals surface area contributed by atoms with E-state index in [2.05, 4.69) is 25.6 Å². The number of rotatable bonds is 10. The maximum Gasteiger partial charge on any atom is 0.408 e. The number of benzene rings is 2. The van der Waals surface area contributed by atoms with Gasteiger partial charge in [0, 0.05) is 41.0 Å². The highest BCUT2D eigenvalue weighted by Gasteiger charge is 2.50. The molecule has 0 aliphatic heterocycles. The molecular weight excluding hydrogens is 516 g/mol. The number of aromatic amines is 1. The monoisotopic (exact) mass is 554 g/mol. The summed E-state index contributed by atoms with van der Waals surface area (Å²) in [5, 5.41) is 10.8. The van der Waals surface area contributed by atoms with Crippen molar-refractivity contribution < 1.29 is 14.3 Å². The zero-order chi connectivity index (χ0) is 28.4. The van der Waals surface area contributed by atoms with Gasteiger partial charge in [-0.2, -0.15) is 0 Å². The molecule has 41 heavy (non-hydrogen) atoms. The van der Waals surface area contributed by atoms with Gasteiger partial charge in [-0.3, -0.25) is 4.79 Å².